The Hall–Kier alpha value is -1.00. The molecule has 29 heavy (non-hydrogen) atoms. The van der Waals surface area contributed by atoms with Crippen molar-refractivity contribution in [2.24, 2.45) is 11.8 Å². The Morgan fingerprint density at radius 1 is 1.21 bits per heavy atom. The molecule has 0 aromatic heterocycles. The molecule has 1 aliphatic heterocycles. The van der Waals surface area contributed by atoms with E-state index in [2.05, 4.69) is 18.6 Å². The number of alkyl halides is 2. The van der Waals surface area contributed by atoms with E-state index in [0.717, 1.165) is 31.9 Å². The monoisotopic (exact) mass is 440 g/mol. The summed E-state index contributed by atoms with van der Waals surface area (Å²) in [6, 6.07) is -1.51. The maximum atomic E-state index is 12.4. The molecular formula is C19H34F2N2O5S. The standard InChI is InChI=1S/C19H34F2N2O5S/c1-12(2)14-5-7-15(8-6-14)27-10-17-16(22-29(4,25)26)9-13(3)23(17)19(24)28-11-18(20)21/h12-18,22H,5-11H2,1-4H3. The second-order valence-corrected chi connectivity index (χ2v) is 10.4. The average molecular weight is 441 g/mol. The third-order valence-electron chi connectivity index (χ3n) is 5.97. The summed E-state index contributed by atoms with van der Waals surface area (Å²) in [6.45, 7) is 5.33. The van der Waals surface area contributed by atoms with E-state index in [9.17, 15) is 22.0 Å². The number of amides is 1. The van der Waals surface area contributed by atoms with Crippen molar-refractivity contribution in [1.82, 2.24) is 9.62 Å². The van der Waals surface area contributed by atoms with Gasteiger partial charge in [0.25, 0.3) is 6.43 Å². The highest BCUT2D eigenvalue weighted by Gasteiger charge is 2.44. The van der Waals surface area contributed by atoms with Crippen molar-refractivity contribution in [3.05, 3.63) is 0 Å². The lowest BCUT2D eigenvalue weighted by atomic mass is 9.80. The second-order valence-electron chi connectivity index (χ2n) is 8.64. The molecule has 10 heteroatoms. The molecule has 2 rings (SSSR count). The lowest BCUT2D eigenvalue weighted by Gasteiger charge is -2.34. The van der Waals surface area contributed by atoms with Gasteiger partial charge in [-0.25, -0.2) is 26.7 Å². The Labute approximate surface area is 172 Å². The number of rotatable bonds is 8. The van der Waals surface area contributed by atoms with E-state index in [0.29, 0.717) is 18.3 Å². The molecule has 0 spiro atoms. The van der Waals surface area contributed by atoms with Crippen molar-refractivity contribution in [2.45, 2.75) is 83.5 Å². The third-order valence-corrected chi connectivity index (χ3v) is 6.70. The van der Waals surface area contributed by atoms with Gasteiger partial charge >= 0.3 is 6.09 Å². The molecule has 170 valence electrons. The number of ether oxygens (including phenoxy) is 2. The van der Waals surface area contributed by atoms with Crippen LogP contribution in [-0.2, 0) is 19.5 Å². The summed E-state index contributed by atoms with van der Waals surface area (Å²) < 4.78 is 61.7. The third kappa shape index (κ3) is 7.32. The number of halogens is 2. The zero-order chi connectivity index (χ0) is 21.8. The average Bonchev–Trinajstić information content (AvgIpc) is 2.91. The van der Waals surface area contributed by atoms with Gasteiger partial charge in [0, 0.05) is 12.1 Å². The molecule has 7 nitrogen and oxygen atoms in total. The van der Waals surface area contributed by atoms with Crippen LogP contribution in [0.4, 0.5) is 13.6 Å². The molecule has 1 amide bonds. The molecule has 0 aromatic carbocycles. The van der Waals surface area contributed by atoms with E-state index in [4.69, 9.17) is 9.47 Å². The summed E-state index contributed by atoms with van der Waals surface area (Å²) in [4.78, 5) is 13.7. The Balaban J connectivity index is 2.03. The van der Waals surface area contributed by atoms with Gasteiger partial charge in [0.1, 0.15) is 0 Å². The molecule has 1 aliphatic carbocycles. The van der Waals surface area contributed by atoms with Gasteiger partial charge in [-0.05, 0) is 50.9 Å². The van der Waals surface area contributed by atoms with Crippen LogP contribution < -0.4 is 4.72 Å². The van der Waals surface area contributed by atoms with Crippen LogP contribution in [0.2, 0.25) is 0 Å². The first kappa shape index (κ1) is 24.3. The minimum absolute atomic E-state index is 0.0544. The summed E-state index contributed by atoms with van der Waals surface area (Å²) in [6.07, 6.45) is 1.85. The lowest BCUT2D eigenvalue weighted by molar-refractivity contribution is -0.0225. The van der Waals surface area contributed by atoms with E-state index >= 15 is 0 Å². The molecule has 3 atom stereocenters. The second kappa shape index (κ2) is 10.3. The van der Waals surface area contributed by atoms with E-state index in [1.54, 1.807) is 6.92 Å². The summed E-state index contributed by atoms with van der Waals surface area (Å²) in [7, 11) is -3.50. The molecule has 0 radical (unpaired) electrons. The molecule has 1 saturated carbocycles. The highest BCUT2D eigenvalue weighted by atomic mass is 32.2. The van der Waals surface area contributed by atoms with Crippen LogP contribution in [0.25, 0.3) is 0 Å². The van der Waals surface area contributed by atoms with Crippen LogP contribution in [0.5, 0.6) is 0 Å². The Kier molecular flexibility index (Phi) is 8.66. The van der Waals surface area contributed by atoms with E-state index < -0.39 is 41.2 Å². The van der Waals surface area contributed by atoms with Crippen molar-refractivity contribution in [3.63, 3.8) is 0 Å². The molecule has 3 unspecified atom stereocenters. The summed E-state index contributed by atoms with van der Waals surface area (Å²) in [5.74, 6) is 1.32. The number of hydrogen-bond donors (Lipinski definition) is 1. The number of sulfonamides is 1. The van der Waals surface area contributed by atoms with Crippen LogP contribution in [-0.4, -0.2) is 69.5 Å². The van der Waals surface area contributed by atoms with Gasteiger partial charge in [0.15, 0.2) is 6.61 Å². The molecule has 0 aromatic rings. The molecule has 2 aliphatic rings. The predicted octanol–water partition coefficient (Wildman–Crippen LogP) is 3.00. The minimum Gasteiger partial charge on any atom is -0.443 e. The van der Waals surface area contributed by atoms with E-state index in [1.165, 1.54) is 4.90 Å². The van der Waals surface area contributed by atoms with Gasteiger partial charge in [-0.15, -0.1) is 0 Å². The fourth-order valence-electron chi connectivity index (χ4n) is 4.44. The first-order valence-corrected chi connectivity index (χ1v) is 12.2. The zero-order valence-electron chi connectivity index (χ0n) is 17.6. The normalized spacial score (nSPS) is 30.9. The highest BCUT2D eigenvalue weighted by Crippen LogP contribution is 2.32. The topological polar surface area (TPSA) is 84.9 Å². The summed E-state index contributed by atoms with van der Waals surface area (Å²) in [5.41, 5.74) is 0. The van der Waals surface area contributed by atoms with Crippen LogP contribution in [0, 0.1) is 11.8 Å². The van der Waals surface area contributed by atoms with Crippen molar-refractivity contribution in [1.29, 1.82) is 0 Å². The Bertz CT molecular complexity index is 639. The first-order valence-electron chi connectivity index (χ1n) is 10.3. The van der Waals surface area contributed by atoms with E-state index in [1.807, 2.05) is 0 Å². The lowest BCUT2D eigenvalue weighted by Crippen LogP contribution is -2.50. The fourth-order valence-corrected chi connectivity index (χ4v) is 5.24. The number of hydrogen-bond acceptors (Lipinski definition) is 5. The van der Waals surface area contributed by atoms with Gasteiger partial charge in [0.05, 0.1) is 25.0 Å². The molecule has 1 heterocycles. The van der Waals surface area contributed by atoms with Crippen molar-refractivity contribution in [3.8, 4) is 0 Å². The summed E-state index contributed by atoms with van der Waals surface area (Å²) >= 11 is 0. The maximum Gasteiger partial charge on any atom is 0.410 e. The molecule has 0 bridgehead atoms. The maximum absolute atomic E-state index is 12.4. The van der Waals surface area contributed by atoms with Crippen molar-refractivity contribution in [2.75, 3.05) is 19.5 Å². The predicted molar refractivity (Wildman–Crippen MR) is 105 cm³/mol. The highest BCUT2D eigenvalue weighted by molar-refractivity contribution is 7.88. The number of nitrogens with one attached hydrogen (secondary N) is 1. The first-order chi connectivity index (χ1) is 13.5. The SMILES string of the molecule is CC(C)C1CCC(OCC2C(NS(C)(=O)=O)CC(C)N2C(=O)OCC(F)F)CC1. The van der Waals surface area contributed by atoms with E-state index in [-0.39, 0.29) is 18.8 Å². The number of carbonyl (C=O) groups excluding carboxylic acids is 1. The largest absolute Gasteiger partial charge is 0.443 e. The van der Waals surface area contributed by atoms with Gasteiger partial charge in [-0.3, -0.25) is 4.90 Å². The van der Waals surface area contributed by atoms with Crippen LogP contribution in [0.3, 0.4) is 0 Å². The molecule has 1 N–H and O–H groups in total. The number of carbonyl (C=O) groups is 1. The fraction of sp³-hybridized carbons (Fsp3) is 0.947. The van der Waals surface area contributed by atoms with Gasteiger partial charge in [0.2, 0.25) is 10.0 Å². The van der Waals surface area contributed by atoms with Gasteiger partial charge in [-0.1, -0.05) is 13.8 Å². The minimum atomic E-state index is -3.50. The molecular weight excluding hydrogens is 406 g/mol. The van der Waals surface area contributed by atoms with Crippen LogP contribution in [0.15, 0.2) is 0 Å². The van der Waals surface area contributed by atoms with Gasteiger partial charge in [-0.2, -0.15) is 0 Å². The molecule has 2 fully saturated rings. The Morgan fingerprint density at radius 2 is 1.83 bits per heavy atom. The van der Waals surface area contributed by atoms with Crippen molar-refractivity contribution < 1.29 is 31.5 Å². The van der Waals surface area contributed by atoms with Gasteiger partial charge < -0.3 is 9.47 Å². The smallest absolute Gasteiger partial charge is 0.410 e. The number of likely N-dealkylation sites (tertiary alicyclic amines) is 1. The Morgan fingerprint density at radius 3 is 2.34 bits per heavy atom. The van der Waals surface area contributed by atoms with Crippen LogP contribution in [0.1, 0.15) is 52.9 Å². The zero-order valence-corrected chi connectivity index (χ0v) is 18.5. The van der Waals surface area contributed by atoms with Crippen molar-refractivity contribution >= 4 is 16.1 Å². The van der Waals surface area contributed by atoms with Crippen LogP contribution >= 0.6 is 0 Å². The summed E-state index contributed by atoms with van der Waals surface area (Å²) in [5, 5.41) is 0. The quantitative estimate of drug-likeness (QED) is 0.627. The molecule has 1 saturated heterocycles. The number of nitrogens with zero attached hydrogens (tertiary/aromatic N) is 1.